The number of benzene rings is 1. The molecule has 4 nitrogen and oxygen atoms in total. The third-order valence-electron chi connectivity index (χ3n) is 2.85. The van der Waals surface area contributed by atoms with Gasteiger partial charge in [0.1, 0.15) is 5.75 Å². The van der Waals surface area contributed by atoms with Crippen molar-refractivity contribution in [3.63, 3.8) is 0 Å². The molecule has 0 aliphatic carbocycles. The van der Waals surface area contributed by atoms with E-state index in [-0.39, 0.29) is 6.04 Å². The molecule has 0 aliphatic heterocycles. The lowest BCUT2D eigenvalue weighted by Gasteiger charge is -2.07. The molecule has 4 heteroatoms. The van der Waals surface area contributed by atoms with Gasteiger partial charge in [0.05, 0.1) is 5.56 Å². The summed E-state index contributed by atoms with van der Waals surface area (Å²) in [5, 5.41) is 4.31. The van der Waals surface area contributed by atoms with Crippen LogP contribution in [0.3, 0.4) is 0 Å². The Balaban J connectivity index is 2.27. The van der Waals surface area contributed by atoms with Crippen molar-refractivity contribution in [2.75, 3.05) is 0 Å². The molecular formula is C14H16N2O2. The van der Waals surface area contributed by atoms with Crippen LogP contribution in [0.1, 0.15) is 36.7 Å². The number of aromatic nitrogens is 2. The predicted octanol–water partition coefficient (Wildman–Crippen LogP) is 3.46. The molecule has 0 N–H and O–H groups in total. The van der Waals surface area contributed by atoms with Gasteiger partial charge in [-0.3, -0.25) is 9.48 Å². The lowest BCUT2D eigenvalue weighted by molar-refractivity contribution is 0.112. The van der Waals surface area contributed by atoms with Crippen LogP contribution in [0.25, 0.3) is 0 Å². The van der Waals surface area contributed by atoms with E-state index in [1.54, 1.807) is 10.9 Å². The fourth-order valence-electron chi connectivity index (χ4n) is 1.56. The number of hydrogen-bond acceptors (Lipinski definition) is 3. The van der Waals surface area contributed by atoms with E-state index >= 15 is 0 Å². The number of carbonyl (C=O) groups is 1. The average molecular weight is 244 g/mol. The van der Waals surface area contributed by atoms with E-state index in [4.69, 9.17) is 4.74 Å². The van der Waals surface area contributed by atoms with Crippen molar-refractivity contribution in [3.8, 4) is 11.6 Å². The molecule has 0 bridgehead atoms. The van der Waals surface area contributed by atoms with E-state index in [1.807, 2.05) is 37.3 Å². The number of hydrogen-bond donors (Lipinski definition) is 0. The monoisotopic (exact) mass is 244 g/mol. The number of nitrogens with zero attached hydrogens (tertiary/aromatic N) is 2. The Hall–Kier alpha value is -2.10. The first-order valence-electron chi connectivity index (χ1n) is 6.01. The highest BCUT2D eigenvalue weighted by Crippen LogP contribution is 2.24. The molecule has 1 atom stereocenters. The van der Waals surface area contributed by atoms with E-state index in [1.165, 1.54) is 0 Å². The fourth-order valence-corrected chi connectivity index (χ4v) is 1.56. The first-order valence-corrected chi connectivity index (χ1v) is 6.01. The molecule has 1 aromatic carbocycles. The van der Waals surface area contributed by atoms with Gasteiger partial charge in [-0.25, -0.2) is 0 Å². The van der Waals surface area contributed by atoms with Crippen LogP contribution in [-0.4, -0.2) is 16.1 Å². The second-order valence-corrected chi connectivity index (χ2v) is 4.16. The van der Waals surface area contributed by atoms with Crippen molar-refractivity contribution in [1.82, 2.24) is 9.78 Å². The molecule has 0 saturated carbocycles. The smallest absolute Gasteiger partial charge is 0.248 e. The Morgan fingerprint density at radius 1 is 1.39 bits per heavy atom. The van der Waals surface area contributed by atoms with Crippen LogP contribution in [0, 0.1) is 0 Å². The van der Waals surface area contributed by atoms with Crippen LogP contribution in [0.2, 0.25) is 0 Å². The van der Waals surface area contributed by atoms with E-state index in [0.29, 0.717) is 17.2 Å². The summed E-state index contributed by atoms with van der Waals surface area (Å²) in [5.74, 6) is 1.03. The minimum Gasteiger partial charge on any atom is -0.437 e. The highest BCUT2D eigenvalue weighted by Gasteiger charge is 2.13. The van der Waals surface area contributed by atoms with Crippen LogP contribution in [0.4, 0.5) is 0 Å². The maximum absolute atomic E-state index is 11.0. The first-order chi connectivity index (χ1) is 8.74. The molecule has 1 aromatic heterocycles. The summed E-state index contributed by atoms with van der Waals surface area (Å²) >= 11 is 0. The van der Waals surface area contributed by atoms with Crippen molar-refractivity contribution in [2.45, 2.75) is 26.3 Å². The number of rotatable bonds is 5. The average Bonchev–Trinajstić information content (AvgIpc) is 2.82. The number of ether oxygens (including phenoxy) is 1. The van der Waals surface area contributed by atoms with Gasteiger partial charge in [0.25, 0.3) is 0 Å². The van der Waals surface area contributed by atoms with Gasteiger partial charge in [0, 0.05) is 12.2 Å². The van der Waals surface area contributed by atoms with E-state index < -0.39 is 0 Å². The van der Waals surface area contributed by atoms with Gasteiger partial charge >= 0.3 is 0 Å². The zero-order chi connectivity index (χ0) is 13.0. The van der Waals surface area contributed by atoms with Crippen molar-refractivity contribution >= 4 is 6.29 Å². The molecule has 0 amide bonds. The normalized spacial score (nSPS) is 12.1. The van der Waals surface area contributed by atoms with Gasteiger partial charge < -0.3 is 4.74 Å². The molecule has 0 saturated heterocycles. The molecule has 2 aromatic rings. The molecule has 0 spiro atoms. The summed E-state index contributed by atoms with van der Waals surface area (Å²) in [4.78, 5) is 11.0. The van der Waals surface area contributed by atoms with E-state index in [2.05, 4.69) is 12.0 Å². The summed E-state index contributed by atoms with van der Waals surface area (Å²) in [6.07, 6.45) is 3.44. The Bertz CT molecular complexity index is 520. The zero-order valence-corrected chi connectivity index (χ0v) is 10.5. The molecule has 0 radical (unpaired) electrons. The highest BCUT2D eigenvalue weighted by atomic mass is 16.5. The largest absolute Gasteiger partial charge is 0.437 e. The molecule has 18 heavy (non-hydrogen) atoms. The van der Waals surface area contributed by atoms with Crippen LogP contribution in [0.15, 0.2) is 36.5 Å². The standard InChI is InChI=1S/C14H16N2O2/c1-3-11(2)16-9-12(10-17)14(15-16)18-13-7-5-4-6-8-13/h4-11H,3H2,1-2H3. The number of aldehydes is 1. The van der Waals surface area contributed by atoms with Gasteiger partial charge in [-0.05, 0) is 25.5 Å². The van der Waals surface area contributed by atoms with Crippen LogP contribution in [-0.2, 0) is 0 Å². The molecule has 0 fully saturated rings. The summed E-state index contributed by atoms with van der Waals surface area (Å²) in [5.41, 5.74) is 0.471. The van der Waals surface area contributed by atoms with E-state index in [9.17, 15) is 4.79 Å². The second kappa shape index (κ2) is 5.49. The van der Waals surface area contributed by atoms with Crippen LogP contribution in [0.5, 0.6) is 11.6 Å². The maximum atomic E-state index is 11.0. The minimum atomic E-state index is 0.247. The Kier molecular flexibility index (Phi) is 3.77. The quantitative estimate of drug-likeness (QED) is 0.756. The highest BCUT2D eigenvalue weighted by molar-refractivity contribution is 5.77. The lowest BCUT2D eigenvalue weighted by Crippen LogP contribution is -2.04. The van der Waals surface area contributed by atoms with Crippen molar-refractivity contribution < 1.29 is 9.53 Å². The van der Waals surface area contributed by atoms with E-state index in [0.717, 1.165) is 12.7 Å². The molecule has 94 valence electrons. The third kappa shape index (κ3) is 2.59. The SMILES string of the molecule is CCC(C)n1cc(C=O)c(Oc2ccccc2)n1. The lowest BCUT2D eigenvalue weighted by atomic mass is 10.3. The Labute approximate surface area is 106 Å². The molecule has 0 aliphatic rings. The summed E-state index contributed by atoms with van der Waals surface area (Å²) < 4.78 is 7.38. The summed E-state index contributed by atoms with van der Waals surface area (Å²) in [6.45, 7) is 4.12. The van der Waals surface area contributed by atoms with Crippen LogP contribution < -0.4 is 4.74 Å². The van der Waals surface area contributed by atoms with Crippen molar-refractivity contribution in [2.24, 2.45) is 0 Å². The molecular weight excluding hydrogens is 228 g/mol. The third-order valence-corrected chi connectivity index (χ3v) is 2.85. The Morgan fingerprint density at radius 2 is 2.11 bits per heavy atom. The van der Waals surface area contributed by atoms with Gasteiger partial charge in [-0.1, -0.05) is 25.1 Å². The predicted molar refractivity (Wildman–Crippen MR) is 69.1 cm³/mol. The van der Waals surface area contributed by atoms with Crippen molar-refractivity contribution in [3.05, 3.63) is 42.1 Å². The van der Waals surface area contributed by atoms with Gasteiger partial charge in [0.2, 0.25) is 5.88 Å². The summed E-state index contributed by atoms with van der Waals surface area (Å²) in [6, 6.07) is 9.57. The number of para-hydroxylation sites is 1. The molecule has 2 rings (SSSR count). The van der Waals surface area contributed by atoms with Crippen molar-refractivity contribution in [1.29, 1.82) is 0 Å². The first kappa shape index (κ1) is 12.4. The topological polar surface area (TPSA) is 44.1 Å². The second-order valence-electron chi connectivity index (χ2n) is 4.16. The molecule has 1 heterocycles. The fraction of sp³-hybridized carbons (Fsp3) is 0.286. The van der Waals surface area contributed by atoms with Gasteiger partial charge in [0.15, 0.2) is 6.29 Å². The Morgan fingerprint density at radius 3 is 2.72 bits per heavy atom. The van der Waals surface area contributed by atoms with Gasteiger partial charge in [-0.15, -0.1) is 5.10 Å². The van der Waals surface area contributed by atoms with Gasteiger partial charge in [-0.2, -0.15) is 0 Å². The zero-order valence-electron chi connectivity index (χ0n) is 10.5. The number of carbonyl (C=O) groups excluding carboxylic acids is 1. The summed E-state index contributed by atoms with van der Waals surface area (Å²) in [7, 11) is 0. The minimum absolute atomic E-state index is 0.247. The maximum Gasteiger partial charge on any atom is 0.248 e. The van der Waals surface area contributed by atoms with Crippen LogP contribution >= 0.6 is 0 Å². The molecule has 1 unspecified atom stereocenters.